The summed E-state index contributed by atoms with van der Waals surface area (Å²) < 4.78 is 124. The quantitative estimate of drug-likeness (QED) is 0.131. The zero-order valence-corrected chi connectivity index (χ0v) is 21.8. The molecule has 0 fully saturated rings. The first-order chi connectivity index (χ1) is 17.3. The van der Waals surface area contributed by atoms with Gasteiger partial charge in [0, 0.05) is 11.5 Å². The van der Waals surface area contributed by atoms with E-state index in [4.69, 9.17) is 10.3 Å². The largest absolute Gasteiger partial charge is 0.507 e. The number of benzene rings is 3. The second-order valence-corrected chi connectivity index (χ2v) is 13.4. The fourth-order valence-corrected chi connectivity index (χ4v) is 5.83. The summed E-state index contributed by atoms with van der Waals surface area (Å²) in [6.45, 7) is -0.846. The average Bonchev–Trinajstić information content (AvgIpc) is 2.76. The number of aromatic hydroxyl groups is 1. The molecule has 0 aromatic heterocycles. The second-order valence-electron chi connectivity index (χ2n) is 7.39. The molecule has 38 heavy (non-hydrogen) atoms. The SMILES string of the molecule is Nc1c(/N=N/c2ccc(S(=O)(=O)CCOS(=O)(=O)O)cc2)c(S(=O)(=O)O)cc2cc(S(=O)(=O)O)cc(O)c12. The molecule has 6 N–H and O–H groups in total. The Hall–Kier alpha value is -3.24. The van der Waals surface area contributed by atoms with Gasteiger partial charge in [0.05, 0.1) is 33.5 Å². The number of azo groups is 1. The van der Waals surface area contributed by atoms with E-state index in [1.807, 2.05) is 0 Å². The normalized spacial score (nSPS) is 13.3. The molecule has 0 aliphatic heterocycles. The minimum atomic E-state index is -5.04. The molecule has 0 amide bonds. The topological polar surface area (TPSA) is 277 Å². The van der Waals surface area contributed by atoms with Crippen LogP contribution in [0.15, 0.2) is 67.4 Å². The van der Waals surface area contributed by atoms with Gasteiger partial charge in [0.15, 0.2) is 9.84 Å². The van der Waals surface area contributed by atoms with Crippen LogP contribution < -0.4 is 5.73 Å². The van der Waals surface area contributed by atoms with Gasteiger partial charge in [-0.15, -0.1) is 5.11 Å². The molecule has 16 nitrogen and oxygen atoms in total. The van der Waals surface area contributed by atoms with Gasteiger partial charge in [-0.25, -0.2) is 12.6 Å². The number of hydrogen-bond donors (Lipinski definition) is 5. The number of phenols is 1. The maximum Gasteiger partial charge on any atom is 0.397 e. The van der Waals surface area contributed by atoms with Crippen LogP contribution >= 0.6 is 0 Å². The molecule has 0 saturated heterocycles. The van der Waals surface area contributed by atoms with E-state index in [1.165, 1.54) is 0 Å². The van der Waals surface area contributed by atoms with E-state index in [2.05, 4.69) is 14.4 Å². The summed E-state index contributed by atoms with van der Waals surface area (Å²) in [6.07, 6.45) is 0. The van der Waals surface area contributed by atoms with Crippen molar-refractivity contribution in [3.8, 4) is 5.75 Å². The van der Waals surface area contributed by atoms with Gasteiger partial charge < -0.3 is 10.8 Å². The summed E-state index contributed by atoms with van der Waals surface area (Å²) in [4.78, 5) is -1.98. The number of hydrogen-bond acceptors (Lipinski definition) is 13. The number of nitrogen functional groups attached to an aromatic ring is 1. The van der Waals surface area contributed by atoms with E-state index < -0.39 is 79.7 Å². The maximum atomic E-state index is 12.3. The minimum absolute atomic E-state index is 0.0372. The molecule has 20 heteroatoms. The van der Waals surface area contributed by atoms with Gasteiger partial charge in [-0.2, -0.15) is 30.4 Å². The molecule has 206 valence electrons. The number of anilines is 1. The summed E-state index contributed by atoms with van der Waals surface area (Å²) in [5.41, 5.74) is 4.73. The Kier molecular flexibility index (Phi) is 7.83. The number of nitrogens with zero attached hydrogens (tertiary/aromatic N) is 2. The predicted octanol–water partition coefficient (Wildman–Crippen LogP) is 1.63. The third-order valence-corrected chi connectivity index (χ3v) is 8.64. The lowest BCUT2D eigenvalue weighted by molar-refractivity contribution is 0.284. The van der Waals surface area contributed by atoms with Crippen molar-refractivity contribution < 1.29 is 56.6 Å². The number of phenolic OH excluding ortho intramolecular Hbond substituents is 1. The van der Waals surface area contributed by atoms with Crippen LogP contribution in [-0.2, 0) is 44.7 Å². The van der Waals surface area contributed by atoms with Gasteiger partial charge in [0.25, 0.3) is 20.2 Å². The van der Waals surface area contributed by atoms with E-state index in [0.717, 1.165) is 36.4 Å². The molecule has 0 spiro atoms. The van der Waals surface area contributed by atoms with Gasteiger partial charge in [-0.3, -0.25) is 13.7 Å². The van der Waals surface area contributed by atoms with E-state index in [1.54, 1.807) is 0 Å². The molecule has 0 saturated carbocycles. The highest BCUT2D eigenvalue weighted by Crippen LogP contribution is 2.43. The number of fused-ring (bicyclic) bond motifs is 1. The number of sulfone groups is 1. The first-order valence-corrected chi connectivity index (χ1v) is 15.6. The van der Waals surface area contributed by atoms with Crippen LogP contribution in [0.3, 0.4) is 0 Å². The molecule has 0 unspecified atom stereocenters. The molecule has 0 aliphatic rings. The minimum Gasteiger partial charge on any atom is -0.507 e. The Bertz CT molecular complexity index is 1880. The third-order valence-electron chi connectivity index (χ3n) is 4.79. The summed E-state index contributed by atoms with van der Waals surface area (Å²) in [7, 11) is -18.7. The zero-order chi connectivity index (χ0) is 28.7. The zero-order valence-electron chi connectivity index (χ0n) is 18.5. The molecular weight excluding hydrogens is 594 g/mol. The molecule has 3 aromatic carbocycles. The Morgan fingerprint density at radius 2 is 1.39 bits per heavy atom. The van der Waals surface area contributed by atoms with Gasteiger partial charge in [0.2, 0.25) is 0 Å². The van der Waals surface area contributed by atoms with Gasteiger partial charge in [0.1, 0.15) is 16.3 Å². The maximum absolute atomic E-state index is 12.3. The van der Waals surface area contributed by atoms with Crippen LogP contribution in [0, 0.1) is 0 Å². The number of rotatable bonds is 9. The smallest absolute Gasteiger partial charge is 0.397 e. The molecule has 0 bridgehead atoms. The highest BCUT2D eigenvalue weighted by atomic mass is 32.3. The highest BCUT2D eigenvalue weighted by molar-refractivity contribution is 7.91. The fraction of sp³-hybridized carbons (Fsp3) is 0.111. The van der Waals surface area contributed by atoms with Crippen molar-refractivity contribution in [2.45, 2.75) is 14.7 Å². The Morgan fingerprint density at radius 3 is 1.92 bits per heavy atom. The van der Waals surface area contributed by atoms with Crippen LogP contribution in [0.2, 0.25) is 0 Å². The Balaban J connectivity index is 2.03. The molecule has 3 aromatic rings. The van der Waals surface area contributed by atoms with Crippen LogP contribution in [0.4, 0.5) is 17.1 Å². The number of nitrogens with two attached hydrogens (primary N) is 1. The van der Waals surface area contributed by atoms with Gasteiger partial charge >= 0.3 is 10.4 Å². The van der Waals surface area contributed by atoms with Crippen LogP contribution in [0.1, 0.15) is 0 Å². The van der Waals surface area contributed by atoms with Crippen molar-refractivity contribution >= 4 is 68.3 Å². The summed E-state index contributed by atoms with van der Waals surface area (Å²) in [6, 6.07) is 6.61. The van der Waals surface area contributed by atoms with Crippen molar-refractivity contribution in [3.63, 3.8) is 0 Å². The molecule has 0 heterocycles. The van der Waals surface area contributed by atoms with E-state index in [-0.39, 0.29) is 21.4 Å². The summed E-state index contributed by atoms with van der Waals surface area (Å²) in [5.74, 6) is -1.56. The van der Waals surface area contributed by atoms with Crippen LogP contribution in [-0.4, -0.2) is 64.8 Å². The van der Waals surface area contributed by atoms with Crippen LogP contribution in [0.25, 0.3) is 10.8 Å². The molecule has 0 aliphatic carbocycles. The van der Waals surface area contributed by atoms with Crippen molar-refractivity contribution in [2.75, 3.05) is 18.1 Å². The van der Waals surface area contributed by atoms with Crippen molar-refractivity contribution in [3.05, 3.63) is 42.5 Å². The van der Waals surface area contributed by atoms with Crippen molar-refractivity contribution in [2.24, 2.45) is 10.2 Å². The average molecular weight is 612 g/mol. The van der Waals surface area contributed by atoms with E-state index in [9.17, 15) is 47.9 Å². The summed E-state index contributed by atoms with van der Waals surface area (Å²) >= 11 is 0. The molecule has 0 atom stereocenters. The first-order valence-electron chi connectivity index (χ1n) is 9.70. The lowest BCUT2D eigenvalue weighted by Gasteiger charge is -2.12. The van der Waals surface area contributed by atoms with E-state index in [0.29, 0.717) is 6.07 Å². The molecule has 3 rings (SSSR count). The Labute approximate surface area is 215 Å². The fourth-order valence-electron chi connectivity index (χ4n) is 3.13. The van der Waals surface area contributed by atoms with Crippen molar-refractivity contribution in [1.82, 2.24) is 0 Å². The van der Waals surface area contributed by atoms with Crippen molar-refractivity contribution in [1.29, 1.82) is 0 Å². The summed E-state index contributed by atoms with van der Waals surface area (Å²) in [5, 5.41) is 17.1. The molecule has 0 radical (unpaired) electrons. The monoisotopic (exact) mass is 611 g/mol. The van der Waals surface area contributed by atoms with Gasteiger partial charge in [-0.1, -0.05) is 0 Å². The first kappa shape index (κ1) is 29.3. The second kappa shape index (κ2) is 10.1. The lowest BCUT2D eigenvalue weighted by Crippen LogP contribution is -2.15. The lowest BCUT2D eigenvalue weighted by atomic mass is 10.1. The van der Waals surface area contributed by atoms with Gasteiger partial charge in [-0.05, 0) is 41.8 Å². The Morgan fingerprint density at radius 1 is 0.789 bits per heavy atom. The van der Waals surface area contributed by atoms with Crippen LogP contribution in [0.5, 0.6) is 5.75 Å². The standard InChI is InChI=1S/C18H17N3O13S4/c19-17-16-10(7-13(9-14(16)22)36(25,26)27)8-15(37(28,29)30)18(17)21-20-11-1-3-12(4-2-11)35(23,24)6-5-34-38(31,32)33/h1-4,7-9,22H,5-6,19H2,(H,25,26,27)(H,28,29,30)(H,31,32,33)/b21-20+. The third kappa shape index (κ3) is 6.79. The molecular formula is C18H17N3O13S4. The predicted molar refractivity (Wildman–Crippen MR) is 130 cm³/mol. The highest BCUT2D eigenvalue weighted by Gasteiger charge is 2.24. The van der Waals surface area contributed by atoms with E-state index >= 15 is 0 Å².